The zero-order chi connectivity index (χ0) is 13.3. The first-order valence-corrected chi connectivity index (χ1v) is 7.05. The first-order valence-electron chi connectivity index (χ1n) is 4.74. The predicted octanol–water partition coefficient (Wildman–Crippen LogP) is 1.63. The summed E-state index contributed by atoms with van der Waals surface area (Å²) >= 11 is 3.60. The van der Waals surface area contributed by atoms with Crippen molar-refractivity contribution >= 4 is 62.0 Å². The molecule has 0 aliphatic carbocycles. The van der Waals surface area contributed by atoms with Crippen LogP contribution in [0, 0.1) is 3.57 Å². The molecular weight excluding hydrogens is 349 g/mol. The van der Waals surface area contributed by atoms with E-state index in [9.17, 15) is 0 Å². The maximum atomic E-state index is 6.00. The van der Waals surface area contributed by atoms with Gasteiger partial charge in [-0.3, -0.25) is 0 Å². The summed E-state index contributed by atoms with van der Waals surface area (Å²) in [6.07, 6.45) is 1.92. The Labute approximate surface area is 118 Å². The van der Waals surface area contributed by atoms with Crippen LogP contribution in [-0.2, 0) is 0 Å². The summed E-state index contributed by atoms with van der Waals surface area (Å²) in [5.74, 6) is 0. The van der Waals surface area contributed by atoms with Crippen LogP contribution in [0.15, 0.2) is 5.70 Å². The van der Waals surface area contributed by atoms with Gasteiger partial charge in [-0.25, -0.2) is 0 Å². The van der Waals surface area contributed by atoms with E-state index in [2.05, 4.69) is 22.6 Å². The molecule has 0 spiro atoms. The van der Waals surface area contributed by atoms with Crippen molar-refractivity contribution in [1.29, 1.82) is 0 Å². The normalized spacial score (nSPS) is 12.4. The minimum absolute atomic E-state index is 0.311. The van der Waals surface area contributed by atoms with E-state index in [1.165, 1.54) is 11.8 Å². The number of allylic oxidation sites excluding steroid dienone is 1. The molecule has 5 nitrogen and oxygen atoms in total. The number of hydrogen-bond acceptors (Lipinski definition) is 6. The summed E-state index contributed by atoms with van der Waals surface area (Å²) in [6, 6.07) is 0. The van der Waals surface area contributed by atoms with Gasteiger partial charge >= 0.3 is 0 Å². The van der Waals surface area contributed by atoms with Gasteiger partial charge in [0.05, 0.1) is 22.7 Å². The second kappa shape index (κ2) is 5.13. The lowest BCUT2D eigenvalue weighted by Crippen LogP contribution is -2.10. The third kappa shape index (κ3) is 2.34. The summed E-state index contributed by atoms with van der Waals surface area (Å²) in [5, 5.41) is 0. The standard InChI is InChI=1S/C10H16IN5S/c1-3(12)10(17-2)4-5(11)7(14)9(16)8(15)6(4)13/h12-16H2,1-2H3/b10-3-. The number of nitrogen functional groups attached to an aromatic ring is 4. The summed E-state index contributed by atoms with van der Waals surface area (Å²) in [7, 11) is 0. The van der Waals surface area contributed by atoms with Gasteiger partial charge in [0.25, 0.3) is 0 Å². The van der Waals surface area contributed by atoms with E-state index in [0.29, 0.717) is 28.4 Å². The minimum atomic E-state index is 0.311. The van der Waals surface area contributed by atoms with Gasteiger partial charge in [-0.05, 0) is 35.8 Å². The van der Waals surface area contributed by atoms with Gasteiger partial charge in [-0.2, -0.15) is 0 Å². The summed E-state index contributed by atoms with van der Waals surface area (Å²) in [4.78, 5) is 0.866. The Morgan fingerprint density at radius 2 is 1.47 bits per heavy atom. The van der Waals surface area contributed by atoms with Crippen LogP contribution in [0.25, 0.3) is 4.91 Å². The SMILES string of the molecule is CS/C(=C(/C)N)c1c(N)c(N)c(N)c(N)c1I. The highest BCUT2D eigenvalue weighted by atomic mass is 127. The van der Waals surface area contributed by atoms with Gasteiger partial charge in [0.15, 0.2) is 0 Å². The molecule has 0 heterocycles. The van der Waals surface area contributed by atoms with Crippen LogP contribution in [0.3, 0.4) is 0 Å². The smallest absolute Gasteiger partial charge is 0.0814 e. The maximum absolute atomic E-state index is 6.00. The van der Waals surface area contributed by atoms with Crippen molar-refractivity contribution in [2.24, 2.45) is 5.73 Å². The number of thioether (sulfide) groups is 1. The number of anilines is 4. The minimum Gasteiger partial charge on any atom is -0.401 e. The number of hydrogen-bond donors (Lipinski definition) is 5. The second-order valence-electron chi connectivity index (χ2n) is 3.56. The highest BCUT2D eigenvalue weighted by Gasteiger charge is 2.19. The average molecular weight is 365 g/mol. The van der Waals surface area contributed by atoms with Crippen LogP contribution in [0.2, 0.25) is 0 Å². The van der Waals surface area contributed by atoms with Gasteiger partial charge in [0.2, 0.25) is 0 Å². The van der Waals surface area contributed by atoms with E-state index in [1.54, 1.807) is 0 Å². The van der Waals surface area contributed by atoms with Gasteiger partial charge < -0.3 is 28.7 Å². The van der Waals surface area contributed by atoms with E-state index in [1.807, 2.05) is 13.2 Å². The lowest BCUT2D eigenvalue weighted by molar-refractivity contribution is 1.33. The van der Waals surface area contributed by atoms with Crippen molar-refractivity contribution in [3.63, 3.8) is 0 Å². The first kappa shape index (κ1) is 14.1. The monoisotopic (exact) mass is 365 g/mol. The molecule has 0 radical (unpaired) electrons. The van der Waals surface area contributed by atoms with Crippen LogP contribution in [-0.4, -0.2) is 6.26 Å². The Morgan fingerprint density at radius 3 is 1.88 bits per heavy atom. The highest BCUT2D eigenvalue weighted by Crippen LogP contribution is 2.43. The third-order valence-electron chi connectivity index (χ3n) is 2.39. The van der Waals surface area contributed by atoms with E-state index in [4.69, 9.17) is 28.7 Å². The molecule has 0 saturated carbocycles. The number of halogens is 1. The van der Waals surface area contributed by atoms with Gasteiger partial charge in [0.1, 0.15) is 0 Å². The van der Waals surface area contributed by atoms with E-state index >= 15 is 0 Å². The van der Waals surface area contributed by atoms with Crippen LogP contribution < -0.4 is 28.7 Å². The lowest BCUT2D eigenvalue weighted by atomic mass is 10.1. The molecule has 0 unspecified atom stereocenters. The van der Waals surface area contributed by atoms with E-state index < -0.39 is 0 Å². The number of benzene rings is 1. The van der Waals surface area contributed by atoms with Crippen LogP contribution in [0.4, 0.5) is 22.7 Å². The molecule has 0 atom stereocenters. The topological polar surface area (TPSA) is 130 Å². The zero-order valence-electron chi connectivity index (χ0n) is 9.67. The molecule has 0 aliphatic rings. The summed E-state index contributed by atoms with van der Waals surface area (Å²) < 4.78 is 0.779. The summed E-state index contributed by atoms with van der Waals surface area (Å²) in [5.41, 5.74) is 32.3. The molecule has 0 aromatic heterocycles. The van der Waals surface area contributed by atoms with E-state index in [0.717, 1.165) is 14.0 Å². The van der Waals surface area contributed by atoms with E-state index in [-0.39, 0.29) is 0 Å². The molecule has 0 aliphatic heterocycles. The van der Waals surface area contributed by atoms with Crippen LogP contribution >= 0.6 is 34.4 Å². The zero-order valence-corrected chi connectivity index (χ0v) is 12.6. The van der Waals surface area contributed by atoms with Crippen molar-refractivity contribution < 1.29 is 0 Å². The molecule has 0 bridgehead atoms. The largest absolute Gasteiger partial charge is 0.401 e. The number of rotatable bonds is 2. The Bertz CT molecular complexity index is 465. The van der Waals surface area contributed by atoms with Gasteiger partial charge in [0, 0.05) is 19.7 Å². The fourth-order valence-corrected chi connectivity index (χ4v) is 3.25. The lowest BCUT2D eigenvalue weighted by Gasteiger charge is -2.18. The molecule has 1 aromatic carbocycles. The molecule has 0 saturated heterocycles. The maximum Gasteiger partial charge on any atom is 0.0814 e. The molecule has 0 amide bonds. The average Bonchev–Trinajstić information content (AvgIpc) is 2.29. The van der Waals surface area contributed by atoms with Crippen molar-refractivity contribution in [3.05, 3.63) is 14.8 Å². The predicted molar refractivity (Wildman–Crippen MR) is 87.1 cm³/mol. The fourth-order valence-electron chi connectivity index (χ4n) is 1.48. The number of nitrogens with two attached hydrogens (primary N) is 5. The highest BCUT2D eigenvalue weighted by molar-refractivity contribution is 14.1. The molecule has 1 aromatic rings. The molecule has 10 N–H and O–H groups in total. The molecule has 7 heteroatoms. The molecule has 94 valence electrons. The van der Waals surface area contributed by atoms with Crippen molar-refractivity contribution in [2.75, 3.05) is 29.2 Å². The Kier molecular flexibility index (Phi) is 4.26. The van der Waals surface area contributed by atoms with Crippen molar-refractivity contribution in [1.82, 2.24) is 0 Å². The van der Waals surface area contributed by atoms with Gasteiger partial charge in [-0.1, -0.05) is 0 Å². The van der Waals surface area contributed by atoms with Crippen LogP contribution in [0.1, 0.15) is 12.5 Å². The fraction of sp³-hybridized carbons (Fsp3) is 0.200. The van der Waals surface area contributed by atoms with Gasteiger partial charge in [-0.15, -0.1) is 11.8 Å². The quantitative estimate of drug-likeness (QED) is 0.400. The summed E-state index contributed by atoms with van der Waals surface area (Å²) in [6.45, 7) is 1.81. The van der Waals surface area contributed by atoms with Crippen molar-refractivity contribution in [2.45, 2.75) is 6.92 Å². The second-order valence-corrected chi connectivity index (χ2v) is 5.46. The first-order chi connectivity index (χ1) is 7.82. The van der Waals surface area contributed by atoms with Crippen LogP contribution in [0.5, 0.6) is 0 Å². The van der Waals surface area contributed by atoms with Crippen molar-refractivity contribution in [3.8, 4) is 0 Å². The molecular formula is C10H16IN5S. The molecule has 1 rings (SSSR count). The molecule has 0 fully saturated rings. The Morgan fingerprint density at radius 1 is 1.00 bits per heavy atom. The Balaban J connectivity index is 3.72. The third-order valence-corrected chi connectivity index (χ3v) is 4.44. The Hall–Kier alpha value is -0.960. The molecule has 17 heavy (non-hydrogen) atoms.